The van der Waals surface area contributed by atoms with Crippen LogP contribution in [0, 0.1) is 0 Å². The average molecular weight is 469 g/mol. The van der Waals surface area contributed by atoms with Crippen molar-refractivity contribution in [2.45, 2.75) is 31.2 Å². The number of hydrogen-bond donors (Lipinski definition) is 2. The number of fused-ring (bicyclic) bond motifs is 3. The molecule has 180 valence electrons. The Hall–Kier alpha value is -3.88. The number of rotatable bonds is 10. The van der Waals surface area contributed by atoms with Crippen molar-refractivity contribution in [1.29, 1.82) is 0 Å². The zero-order valence-electron chi connectivity index (χ0n) is 19.2. The van der Waals surface area contributed by atoms with Gasteiger partial charge < -0.3 is 19.9 Å². The summed E-state index contributed by atoms with van der Waals surface area (Å²) in [6.45, 7) is 0.0837. The predicted octanol–water partition coefficient (Wildman–Crippen LogP) is 2.78. The van der Waals surface area contributed by atoms with Gasteiger partial charge in [-0.1, -0.05) is 48.5 Å². The number of amides is 2. The molecule has 0 spiro atoms. The van der Waals surface area contributed by atoms with E-state index in [2.05, 4.69) is 10.1 Å². The van der Waals surface area contributed by atoms with Crippen molar-refractivity contribution in [2.75, 3.05) is 27.3 Å². The summed E-state index contributed by atoms with van der Waals surface area (Å²) >= 11 is 0. The van der Waals surface area contributed by atoms with Crippen LogP contribution in [-0.2, 0) is 23.9 Å². The van der Waals surface area contributed by atoms with Gasteiger partial charge in [0.05, 0.1) is 13.5 Å². The lowest BCUT2D eigenvalue weighted by Crippen LogP contribution is -2.48. The van der Waals surface area contributed by atoms with Crippen LogP contribution in [-0.4, -0.2) is 67.3 Å². The van der Waals surface area contributed by atoms with Crippen LogP contribution in [0.4, 0.5) is 4.79 Å². The Morgan fingerprint density at radius 1 is 1.00 bits per heavy atom. The van der Waals surface area contributed by atoms with Gasteiger partial charge >= 0.3 is 18.0 Å². The number of carboxylic acid groups (broad SMARTS) is 1. The SMILES string of the molecule is COC(=O)CCNC(=O)C(CCC(=O)O)N(C)C(=O)OCC1c2ccccc2-c2ccccc21. The van der Waals surface area contributed by atoms with Crippen LogP contribution in [0.5, 0.6) is 0 Å². The second-order valence-electron chi connectivity index (χ2n) is 7.98. The number of ether oxygens (including phenoxy) is 2. The molecule has 0 aliphatic heterocycles. The minimum atomic E-state index is -1.09. The molecule has 2 aromatic rings. The molecular weight excluding hydrogens is 440 g/mol. The van der Waals surface area contributed by atoms with E-state index in [0.29, 0.717) is 0 Å². The molecule has 3 rings (SSSR count). The summed E-state index contributed by atoms with van der Waals surface area (Å²) in [7, 11) is 2.63. The quantitative estimate of drug-likeness (QED) is 0.514. The maximum atomic E-state index is 12.8. The Balaban J connectivity index is 1.67. The van der Waals surface area contributed by atoms with E-state index in [1.54, 1.807) is 0 Å². The zero-order chi connectivity index (χ0) is 24.7. The number of methoxy groups -OCH3 is 1. The molecule has 0 heterocycles. The maximum Gasteiger partial charge on any atom is 0.410 e. The molecule has 9 nitrogen and oxygen atoms in total. The summed E-state index contributed by atoms with van der Waals surface area (Å²) in [4.78, 5) is 48.9. The molecule has 1 atom stereocenters. The number of nitrogens with one attached hydrogen (secondary N) is 1. The van der Waals surface area contributed by atoms with E-state index in [0.717, 1.165) is 27.2 Å². The summed E-state index contributed by atoms with van der Waals surface area (Å²) < 4.78 is 10.1. The molecule has 1 aliphatic carbocycles. The lowest BCUT2D eigenvalue weighted by atomic mass is 9.98. The number of hydrogen-bond acceptors (Lipinski definition) is 6. The summed E-state index contributed by atoms with van der Waals surface area (Å²) in [6.07, 6.45) is -1.18. The number of nitrogens with zero attached hydrogens (tertiary/aromatic N) is 1. The maximum absolute atomic E-state index is 12.8. The molecule has 2 N–H and O–H groups in total. The lowest BCUT2D eigenvalue weighted by Gasteiger charge is -2.27. The molecule has 0 saturated carbocycles. The van der Waals surface area contributed by atoms with E-state index >= 15 is 0 Å². The zero-order valence-corrected chi connectivity index (χ0v) is 19.2. The van der Waals surface area contributed by atoms with E-state index < -0.39 is 30.0 Å². The number of aliphatic carboxylic acids is 1. The highest BCUT2D eigenvalue weighted by Gasteiger charge is 2.32. The molecule has 0 saturated heterocycles. The first-order chi connectivity index (χ1) is 16.3. The normalized spacial score (nSPS) is 12.8. The third kappa shape index (κ3) is 5.72. The third-order valence-electron chi connectivity index (χ3n) is 5.88. The molecule has 0 fully saturated rings. The Labute approximate surface area is 197 Å². The predicted molar refractivity (Wildman–Crippen MR) is 123 cm³/mol. The van der Waals surface area contributed by atoms with Crippen molar-refractivity contribution in [3.63, 3.8) is 0 Å². The molecule has 2 aromatic carbocycles. The van der Waals surface area contributed by atoms with Crippen molar-refractivity contribution >= 4 is 23.9 Å². The summed E-state index contributed by atoms with van der Waals surface area (Å²) in [6, 6.07) is 14.8. The van der Waals surface area contributed by atoms with Crippen LogP contribution in [0.3, 0.4) is 0 Å². The van der Waals surface area contributed by atoms with Crippen molar-refractivity contribution in [3.05, 3.63) is 59.7 Å². The van der Waals surface area contributed by atoms with E-state index in [4.69, 9.17) is 9.84 Å². The van der Waals surface area contributed by atoms with Crippen LogP contribution in [0.25, 0.3) is 11.1 Å². The van der Waals surface area contributed by atoms with Gasteiger partial charge in [0.15, 0.2) is 0 Å². The van der Waals surface area contributed by atoms with Gasteiger partial charge in [-0.15, -0.1) is 0 Å². The monoisotopic (exact) mass is 468 g/mol. The number of carbonyl (C=O) groups is 4. The van der Waals surface area contributed by atoms with Gasteiger partial charge in [0.1, 0.15) is 12.6 Å². The Bertz CT molecular complexity index is 1020. The molecule has 1 unspecified atom stereocenters. The van der Waals surface area contributed by atoms with Crippen LogP contribution >= 0.6 is 0 Å². The molecule has 9 heteroatoms. The molecular formula is C25H28N2O7. The first kappa shape index (κ1) is 24.8. The Morgan fingerprint density at radius 3 is 2.15 bits per heavy atom. The van der Waals surface area contributed by atoms with E-state index in [1.165, 1.54) is 14.2 Å². The molecule has 1 aliphatic rings. The van der Waals surface area contributed by atoms with Crippen molar-refractivity contribution in [2.24, 2.45) is 0 Å². The molecule has 34 heavy (non-hydrogen) atoms. The van der Waals surface area contributed by atoms with Crippen LogP contribution in [0.1, 0.15) is 36.3 Å². The fraction of sp³-hybridized carbons (Fsp3) is 0.360. The summed E-state index contributed by atoms with van der Waals surface area (Å²) in [5.41, 5.74) is 4.30. The fourth-order valence-electron chi connectivity index (χ4n) is 4.09. The van der Waals surface area contributed by atoms with Crippen molar-refractivity contribution in [3.8, 4) is 11.1 Å². The second kappa shape index (κ2) is 11.3. The van der Waals surface area contributed by atoms with Crippen molar-refractivity contribution < 1.29 is 33.8 Å². The number of benzene rings is 2. The number of carboxylic acids is 1. The van der Waals surface area contributed by atoms with Crippen LogP contribution in [0.2, 0.25) is 0 Å². The van der Waals surface area contributed by atoms with E-state index in [-0.39, 0.29) is 38.3 Å². The van der Waals surface area contributed by atoms with Crippen LogP contribution < -0.4 is 5.32 Å². The summed E-state index contributed by atoms with van der Waals surface area (Å²) in [5.74, 6) is -2.29. The van der Waals surface area contributed by atoms with Gasteiger partial charge in [0, 0.05) is 25.9 Å². The van der Waals surface area contributed by atoms with E-state index in [9.17, 15) is 19.2 Å². The Morgan fingerprint density at radius 2 is 1.59 bits per heavy atom. The molecule has 0 aromatic heterocycles. The third-order valence-corrected chi connectivity index (χ3v) is 5.88. The van der Waals surface area contributed by atoms with Gasteiger partial charge in [0.2, 0.25) is 5.91 Å². The molecule has 2 amide bonds. The molecule has 0 bridgehead atoms. The van der Waals surface area contributed by atoms with Gasteiger partial charge in [-0.25, -0.2) is 4.79 Å². The summed E-state index contributed by atoms with van der Waals surface area (Å²) in [5, 5.41) is 11.6. The smallest absolute Gasteiger partial charge is 0.410 e. The van der Waals surface area contributed by atoms with Gasteiger partial charge in [0.25, 0.3) is 0 Å². The Kier molecular flexibility index (Phi) is 8.24. The fourth-order valence-corrected chi connectivity index (χ4v) is 4.09. The minimum absolute atomic E-state index is 0.00755. The van der Waals surface area contributed by atoms with Gasteiger partial charge in [-0.3, -0.25) is 19.3 Å². The number of likely N-dealkylation sites (N-methyl/N-ethyl adjacent to an activating group) is 1. The highest BCUT2D eigenvalue weighted by Crippen LogP contribution is 2.44. The first-order valence-electron chi connectivity index (χ1n) is 11.0. The lowest BCUT2D eigenvalue weighted by molar-refractivity contribution is -0.140. The minimum Gasteiger partial charge on any atom is -0.481 e. The number of esters is 1. The van der Waals surface area contributed by atoms with Crippen LogP contribution in [0.15, 0.2) is 48.5 Å². The largest absolute Gasteiger partial charge is 0.481 e. The van der Waals surface area contributed by atoms with Gasteiger partial charge in [-0.05, 0) is 28.7 Å². The number of carbonyl (C=O) groups excluding carboxylic acids is 3. The van der Waals surface area contributed by atoms with E-state index in [1.807, 2.05) is 48.5 Å². The topological polar surface area (TPSA) is 122 Å². The highest BCUT2D eigenvalue weighted by atomic mass is 16.6. The second-order valence-corrected chi connectivity index (χ2v) is 7.98. The van der Waals surface area contributed by atoms with Gasteiger partial charge in [-0.2, -0.15) is 0 Å². The van der Waals surface area contributed by atoms with Crippen molar-refractivity contribution in [1.82, 2.24) is 10.2 Å². The standard InChI is InChI=1S/C25H28N2O7/c1-27(21(11-12-22(28)29)24(31)26-14-13-23(30)33-2)25(32)34-15-20-18-9-5-3-7-16(18)17-8-4-6-10-19(17)20/h3-10,20-21H,11-15H2,1-2H3,(H,26,31)(H,28,29). The first-order valence-corrected chi connectivity index (χ1v) is 11.0. The average Bonchev–Trinajstić information content (AvgIpc) is 3.15. The highest BCUT2D eigenvalue weighted by molar-refractivity contribution is 5.86. The molecule has 0 radical (unpaired) electrons.